The topological polar surface area (TPSA) is 38.7 Å². The van der Waals surface area contributed by atoms with Gasteiger partial charge in [0.15, 0.2) is 0 Å². The highest BCUT2D eigenvalue weighted by Crippen LogP contribution is 2.17. The van der Waals surface area contributed by atoms with Crippen LogP contribution in [0.1, 0.15) is 91.7 Å². The van der Waals surface area contributed by atoms with Crippen LogP contribution in [0.15, 0.2) is 40.9 Å². The van der Waals surface area contributed by atoms with Gasteiger partial charge in [-0.1, -0.05) is 77.5 Å². The van der Waals surface area contributed by atoms with E-state index in [0.717, 1.165) is 25.7 Å². The van der Waals surface area contributed by atoms with E-state index in [0.29, 0.717) is 18.4 Å². The van der Waals surface area contributed by atoms with Crippen LogP contribution in [0.25, 0.3) is 0 Å². The van der Waals surface area contributed by atoms with Crippen LogP contribution in [0.5, 0.6) is 0 Å². The number of hydrogen-bond acceptors (Lipinski definition) is 3. The van der Waals surface area contributed by atoms with Crippen LogP contribution in [0, 0.1) is 17.8 Å². The van der Waals surface area contributed by atoms with Crippen molar-refractivity contribution in [1.82, 2.24) is 0 Å². The maximum atomic E-state index is 12.6. The zero-order valence-corrected chi connectivity index (χ0v) is 21.2. The van der Waals surface area contributed by atoms with Crippen LogP contribution >= 0.6 is 0 Å². The van der Waals surface area contributed by atoms with Crippen molar-refractivity contribution >= 4 is 12.2 Å². The molecule has 0 saturated heterocycles. The van der Waals surface area contributed by atoms with Crippen molar-refractivity contribution in [3.8, 4) is 0 Å². The van der Waals surface area contributed by atoms with Crippen molar-refractivity contribution < 1.29 is 9.53 Å². The molecule has 174 valence electrons. The third kappa shape index (κ3) is 11.3. The Morgan fingerprint density at radius 2 is 1.65 bits per heavy atom. The standard InChI is InChI=1S/C28H45NO2/c1-20(2)10-9-11-23(7)16-17-31-28(30)27(22(5)6)29-19-24(8)18-25-12-14-26(15-13-25)21(3)4/h10,12-15,19,21-24,27H,9,11,16-18H2,1-8H3. The molecule has 0 amide bonds. The van der Waals surface area contributed by atoms with Crippen molar-refractivity contribution in [3.63, 3.8) is 0 Å². The average Bonchev–Trinajstić information content (AvgIpc) is 2.68. The first-order valence-electron chi connectivity index (χ1n) is 12.0. The SMILES string of the molecule is CC(C)=CCCC(C)CCOC(=O)C(N=CC(C)Cc1ccc(C(C)C)cc1)C(C)C. The van der Waals surface area contributed by atoms with Gasteiger partial charge in [0.2, 0.25) is 0 Å². The summed E-state index contributed by atoms with van der Waals surface area (Å²) in [5.41, 5.74) is 4.02. The first kappa shape index (κ1) is 27.1. The summed E-state index contributed by atoms with van der Waals surface area (Å²) in [5, 5.41) is 0. The number of benzene rings is 1. The van der Waals surface area contributed by atoms with Crippen LogP contribution < -0.4 is 0 Å². The molecule has 3 unspecified atom stereocenters. The molecule has 3 heteroatoms. The van der Waals surface area contributed by atoms with E-state index in [9.17, 15) is 4.79 Å². The highest BCUT2D eigenvalue weighted by molar-refractivity contribution is 5.78. The Kier molecular flexibility index (Phi) is 12.4. The largest absolute Gasteiger partial charge is 0.464 e. The molecule has 1 rings (SSSR count). The number of nitrogens with zero attached hydrogens (tertiary/aromatic N) is 1. The average molecular weight is 428 g/mol. The number of ether oxygens (including phenoxy) is 1. The summed E-state index contributed by atoms with van der Waals surface area (Å²) < 4.78 is 5.58. The first-order valence-corrected chi connectivity index (χ1v) is 12.0. The molecule has 3 atom stereocenters. The van der Waals surface area contributed by atoms with Crippen molar-refractivity contribution in [2.24, 2.45) is 22.7 Å². The summed E-state index contributed by atoms with van der Waals surface area (Å²) in [5.74, 6) is 1.29. The molecule has 0 N–H and O–H groups in total. The summed E-state index contributed by atoms with van der Waals surface area (Å²) in [7, 11) is 0. The van der Waals surface area contributed by atoms with E-state index in [2.05, 4.69) is 76.9 Å². The van der Waals surface area contributed by atoms with Crippen LogP contribution in [0.2, 0.25) is 0 Å². The summed E-state index contributed by atoms with van der Waals surface area (Å²) >= 11 is 0. The molecule has 0 radical (unpaired) electrons. The van der Waals surface area contributed by atoms with Gasteiger partial charge in [0.1, 0.15) is 6.04 Å². The first-order chi connectivity index (χ1) is 14.6. The number of hydrogen-bond donors (Lipinski definition) is 0. The lowest BCUT2D eigenvalue weighted by atomic mass is 9.97. The van der Waals surface area contributed by atoms with E-state index in [1.807, 2.05) is 20.1 Å². The van der Waals surface area contributed by atoms with E-state index in [1.54, 1.807) is 0 Å². The molecule has 0 aliphatic rings. The van der Waals surface area contributed by atoms with Gasteiger partial charge >= 0.3 is 5.97 Å². The van der Waals surface area contributed by atoms with Crippen LogP contribution in [-0.4, -0.2) is 24.8 Å². The molecular weight excluding hydrogens is 382 g/mol. The quantitative estimate of drug-likeness (QED) is 0.187. The Morgan fingerprint density at radius 1 is 1.00 bits per heavy atom. The normalized spacial score (nSPS) is 14.6. The second-order valence-electron chi connectivity index (χ2n) is 9.98. The molecule has 0 aliphatic heterocycles. The van der Waals surface area contributed by atoms with Gasteiger partial charge in [0.25, 0.3) is 0 Å². The lowest BCUT2D eigenvalue weighted by Crippen LogP contribution is -2.28. The number of carbonyl (C=O) groups is 1. The summed E-state index contributed by atoms with van der Waals surface area (Å²) in [6.07, 6.45) is 8.25. The fraction of sp³-hybridized carbons (Fsp3) is 0.643. The molecule has 0 spiro atoms. The molecule has 1 aromatic rings. The van der Waals surface area contributed by atoms with Crippen LogP contribution in [0.4, 0.5) is 0 Å². The van der Waals surface area contributed by atoms with Crippen molar-refractivity contribution in [2.45, 2.75) is 93.0 Å². The predicted molar refractivity (Wildman–Crippen MR) is 134 cm³/mol. The molecule has 0 fully saturated rings. The number of rotatable bonds is 13. The third-order valence-corrected chi connectivity index (χ3v) is 5.65. The van der Waals surface area contributed by atoms with E-state index in [-0.39, 0.29) is 17.8 Å². The second kappa shape index (κ2) is 14.2. The van der Waals surface area contributed by atoms with Crippen LogP contribution in [0.3, 0.4) is 0 Å². The monoisotopic (exact) mass is 427 g/mol. The fourth-order valence-electron chi connectivity index (χ4n) is 3.45. The molecule has 3 nitrogen and oxygen atoms in total. The zero-order chi connectivity index (χ0) is 23.4. The molecule has 1 aromatic carbocycles. The minimum atomic E-state index is -0.424. The third-order valence-electron chi connectivity index (χ3n) is 5.65. The number of carbonyl (C=O) groups excluding carboxylic acids is 1. The Hall–Kier alpha value is -1.90. The fourth-order valence-corrected chi connectivity index (χ4v) is 3.45. The highest BCUT2D eigenvalue weighted by atomic mass is 16.5. The number of esters is 1. The molecular formula is C28H45NO2. The molecule has 0 aliphatic carbocycles. The lowest BCUT2D eigenvalue weighted by Gasteiger charge is -2.17. The number of allylic oxidation sites excluding steroid dienone is 2. The Bertz CT molecular complexity index is 696. The van der Waals surface area contributed by atoms with Gasteiger partial charge in [-0.25, -0.2) is 4.79 Å². The van der Waals surface area contributed by atoms with Crippen molar-refractivity contribution in [1.29, 1.82) is 0 Å². The van der Waals surface area contributed by atoms with Gasteiger partial charge < -0.3 is 4.74 Å². The van der Waals surface area contributed by atoms with Gasteiger partial charge in [-0.05, 0) is 74.3 Å². The van der Waals surface area contributed by atoms with Gasteiger partial charge in [-0.15, -0.1) is 0 Å². The van der Waals surface area contributed by atoms with Crippen molar-refractivity contribution in [3.05, 3.63) is 47.0 Å². The molecule has 0 heterocycles. The highest BCUT2D eigenvalue weighted by Gasteiger charge is 2.22. The Morgan fingerprint density at radius 3 is 2.19 bits per heavy atom. The molecule has 0 saturated carbocycles. The smallest absolute Gasteiger partial charge is 0.331 e. The Labute approximate surface area is 191 Å². The molecule has 31 heavy (non-hydrogen) atoms. The van der Waals surface area contributed by atoms with Gasteiger partial charge in [0.05, 0.1) is 6.61 Å². The van der Waals surface area contributed by atoms with Crippen LogP contribution in [-0.2, 0) is 16.0 Å². The molecule has 0 aromatic heterocycles. The van der Waals surface area contributed by atoms with E-state index < -0.39 is 6.04 Å². The Balaban J connectivity index is 2.51. The predicted octanol–water partition coefficient (Wildman–Crippen LogP) is 7.40. The summed E-state index contributed by atoms with van der Waals surface area (Å²) in [6.45, 7) is 17.6. The minimum Gasteiger partial charge on any atom is -0.464 e. The van der Waals surface area contributed by atoms with Gasteiger partial charge in [0, 0.05) is 6.21 Å². The second-order valence-corrected chi connectivity index (χ2v) is 9.98. The number of aliphatic imine (C=N–C) groups is 1. The van der Waals surface area contributed by atoms with Gasteiger partial charge in [-0.2, -0.15) is 0 Å². The van der Waals surface area contributed by atoms with Gasteiger partial charge in [-0.3, -0.25) is 4.99 Å². The van der Waals surface area contributed by atoms with Crippen molar-refractivity contribution in [2.75, 3.05) is 6.61 Å². The van der Waals surface area contributed by atoms with E-state index in [4.69, 9.17) is 4.74 Å². The summed E-state index contributed by atoms with van der Waals surface area (Å²) in [4.78, 5) is 17.2. The maximum Gasteiger partial charge on any atom is 0.331 e. The summed E-state index contributed by atoms with van der Waals surface area (Å²) in [6, 6.07) is 8.39. The zero-order valence-electron chi connectivity index (χ0n) is 21.2. The van der Waals surface area contributed by atoms with E-state index >= 15 is 0 Å². The minimum absolute atomic E-state index is 0.122. The molecule has 0 bridgehead atoms. The maximum absolute atomic E-state index is 12.6. The lowest BCUT2D eigenvalue weighted by molar-refractivity contribution is -0.146. The van der Waals surface area contributed by atoms with E-state index in [1.165, 1.54) is 16.7 Å².